The largest absolute Gasteiger partial charge is 0.380 e. The van der Waals surface area contributed by atoms with Crippen LogP contribution in [-0.4, -0.2) is 19.8 Å². The van der Waals surface area contributed by atoms with Crippen molar-refractivity contribution in [2.45, 2.75) is 11.8 Å². The van der Waals surface area contributed by atoms with Crippen molar-refractivity contribution in [2.24, 2.45) is 5.73 Å². The van der Waals surface area contributed by atoms with Crippen molar-refractivity contribution < 1.29 is 4.74 Å². The molecule has 2 nitrogen and oxygen atoms in total. The van der Waals surface area contributed by atoms with E-state index in [1.54, 1.807) is 0 Å². The fourth-order valence-electron chi connectivity index (χ4n) is 1.92. The van der Waals surface area contributed by atoms with Gasteiger partial charge in [-0.05, 0) is 24.1 Å². The molecule has 0 radical (unpaired) electrons. The van der Waals surface area contributed by atoms with Gasteiger partial charge in [-0.1, -0.05) is 23.7 Å². The van der Waals surface area contributed by atoms with Gasteiger partial charge >= 0.3 is 0 Å². The molecule has 2 N–H and O–H groups in total. The van der Waals surface area contributed by atoms with Gasteiger partial charge in [-0.3, -0.25) is 0 Å². The first kappa shape index (κ1) is 9.97. The molecule has 0 saturated carbocycles. The van der Waals surface area contributed by atoms with Gasteiger partial charge in [0, 0.05) is 23.6 Å². The molecule has 1 unspecified atom stereocenters. The Hall–Kier alpha value is -0.570. The van der Waals surface area contributed by atoms with Gasteiger partial charge in [0.1, 0.15) is 0 Å². The number of hydrogen-bond donors (Lipinski definition) is 1. The fourth-order valence-corrected chi connectivity index (χ4v) is 2.04. The van der Waals surface area contributed by atoms with Gasteiger partial charge in [0.05, 0.1) is 6.61 Å². The molecular formula is C11H14ClNO. The molecule has 0 amide bonds. The third-order valence-electron chi connectivity index (χ3n) is 2.95. The number of halogens is 1. The van der Waals surface area contributed by atoms with Crippen LogP contribution in [0.15, 0.2) is 24.3 Å². The first-order valence-electron chi connectivity index (χ1n) is 4.81. The maximum atomic E-state index is 5.84. The summed E-state index contributed by atoms with van der Waals surface area (Å²) in [4.78, 5) is 0. The summed E-state index contributed by atoms with van der Waals surface area (Å²) in [5.41, 5.74) is 7.08. The van der Waals surface area contributed by atoms with Gasteiger partial charge in [-0.15, -0.1) is 0 Å². The highest BCUT2D eigenvalue weighted by atomic mass is 35.5. The van der Waals surface area contributed by atoms with Crippen LogP contribution in [0.1, 0.15) is 12.0 Å². The van der Waals surface area contributed by atoms with Crippen LogP contribution in [-0.2, 0) is 10.2 Å². The van der Waals surface area contributed by atoms with Crippen molar-refractivity contribution in [1.29, 1.82) is 0 Å². The topological polar surface area (TPSA) is 35.2 Å². The molecule has 3 heteroatoms. The van der Waals surface area contributed by atoms with Crippen molar-refractivity contribution in [2.75, 3.05) is 19.8 Å². The van der Waals surface area contributed by atoms with E-state index in [-0.39, 0.29) is 5.41 Å². The third kappa shape index (κ3) is 1.65. The molecule has 0 aliphatic carbocycles. The van der Waals surface area contributed by atoms with Crippen LogP contribution in [0.4, 0.5) is 0 Å². The number of benzene rings is 1. The maximum Gasteiger partial charge on any atom is 0.0575 e. The van der Waals surface area contributed by atoms with Crippen LogP contribution in [0.25, 0.3) is 0 Å². The predicted molar refractivity (Wildman–Crippen MR) is 57.6 cm³/mol. The lowest BCUT2D eigenvalue weighted by Crippen LogP contribution is -2.35. The highest BCUT2D eigenvalue weighted by Crippen LogP contribution is 2.32. The summed E-state index contributed by atoms with van der Waals surface area (Å²) < 4.78 is 5.42. The molecule has 1 fully saturated rings. The molecule has 1 saturated heterocycles. The minimum Gasteiger partial charge on any atom is -0.380 e. The Kier molecular flexibility index (Phi) is 2.77. The summed E-state index contributed by atoms with van der Waals surface area (Å²) in [6.45, 7) is 2.17. The van der Waals surface area contributed by atoms with E-state index in [4.69, 9.17) is 22.1 Å². The second-order valence-corrected chi connectivity index (χ2v) is 4.23. The van der Waals surface area contributed by atoms with Crippen LogP contribution in [0, 0.1) is 0 Å². The van der Waals surface area contributed by atoms with Gasteiger partial charge in [0.25, 0.3) is 0 Å². The fraction of sp³-hybridized carbons (Fsp3) is 0.455. The predicted octanol–water partition coefficient (Wildman–Crippen LogP) is 1.96. The molecular weight excluding hydrogens is 198 g/mol. The number of nitrogens with two attached hydrogens (primary N) is 1. The molecule has 76 valence electrons. The molecule has 1 heterocycles. The van der Waals surface area contributed by atoms with Crippen molar-refractivity contribution >= 4 is 11.6 Å². The van der Waals surface area contributed by atoms with Gasteiger partial charge in [0.2, 0.25) is 0 Å². The first-order chi connectivity index (χ1) is 6.77. The Labute approximate surface area is 89.0 Å². The molecule has 0 aromatic heterocycles. The number of hydrogen-bond acceptors (Lipinski definition) is 2. The zero-order valence-corrected chi connectivity index (χ0v) is 8.76. The maximum absolute atomic E-state index is 5.84. The normalized spacial score (nSPS) is 26.7. The lowest BCUT2D eigenvalue weighted by molar-refractivity contribution is 0.178. The molecule has 1 atom stereocenters. The quantitative estimate of drug-likeness (QED) is 0.812. The molecule has 1 aliphatic rings. The minimum atomic E-state index is 0.0184. The molecule has 0 spiro atoms. The molecule has 14 heavy (non-hydrogen) atoms. The van der Waals surface area contributed by atoms with E-state index in [1.165, 1.54) is 5.56 Å². The van der Waals surface area contributed by atoms with Gasteiger partial charge in [-0.25, -0.2) is 0 Å². The Morgan fingerprint density at radius 2 is 2.07 bits per heavy atom. The van der Waals surface area contributed by atoms with E-state index in [0.29, 0.717) is 6.54 Å². The van der Waals surface area contributed by atoms with Gasteiger partial charge < -0.3 is 10.5 Å². The smallest absolute Gasteiger partial charge is 0.0575 e. The average molecular weight is 212 g/mol. The average Bonchev–Trinajstić information content (AvgIpc) is 2.68. The zero-order chi connectivity index (χ0) is 10.0. The Morgan fingerprint density at radius 1 is 1.36 bits per heavy atom. The molecule has 1 aromatic carbocycles. The summed E-state index contributed by atoms with van der Waals surface area (Å²) >= 11 is 5.84. The summed E-state index contributed by atoms with van der Waals surface area (Å²) in [6.07, 6.45) is 1.01. The van der Waals surface area contributed by atoms with Crippen molar-refractivity contribution in [3.8, 4) is 0 Å². The summed E-state index contributed by atoms with van der Waals surface area (Å²) in [5.74, 6) is 0. The van der Waals surface area contributed by atoms with Crippen LogP contribution >= 0.6 is 11.6 Å². The highest BCUT2D eigenvalue weighted by Gasteiger charge is 2.35. The summed E-state index contributed by atoms with van der Waals surface area (Å²) in [6, 6.07) is 7.91. The van der Waals surface area contributed by atoms with Gasteiger partial charge in [-0.2, -0.15) is 0 Å². The Bertz CT molecular complexity index is 304. The van der Waals surface area contributed by atoms with E-state index in [2.05, 4.69) is 0 Å². The first-order valence-corrected chi connectivity index (χ1v) is 5.18. The molecule has 2 rings (SSSR count). The number of ether oxygens (including phenoxy) is 1. The van der Waals surface area contributed by atoms with E-state index in [0.717, 1.165) is 24.7 Å². The van der Waals surface area contributed by atoms with Crippen LogP contribution < -0.4 is 5.73 Å². The van der Waals surface area contributed by atoms with E-state index in [1.807, 2.05) is 24.3 Å². The van der Waals surface area contributed by atoms with E-state index >= 15 is 0 Å². The lowest BCUT2D eigenvalue weighted by Gasteiger charge is -2.25. The van der Waals surface area contributed by atoms with Crippen molar-refractivity contribution in [3.05, 3.63) is 34.9 Å². The lowest BCUT2D eigenvalue weighted by atomic mass is 9.80. The minimum absolute atomic E-state index is 0.0184. The monoisotopic (exact) mass is 211 g/mol. The Balaban J connectivity index is 2.31. The van der Waals surface area contributed by atoms with Crippen molar-refractivity contribution in [1.82, 2.24) is 0 Å². The summed E-state index contributed by atoms with van der Waals surface area (Å²) in [7, 11) is 0. The van der Waals surface area contributed by atoms with Gasteiger partial charge in [0.15, 0.2) is 0 Å². The molecule has 1 aliphatic heterocycles. The van der Waals surface area contributed by atoms with Crippen LogP contribution in [0.5, 0.6) is 0 Å². The second-order valence-electron chi connectivity index (χ2n) is 3.79. The Morgan fingerprint density at radius 3 is 2.57 bits per heavy atom. The van der Waals surface area contributed by atoms with E-state index < -0.39 is 0 Å². The van der Waals surface area contributed by atoms with Crippen LogP contribution in [0.2, 0.25) is 5.02 Å². The molecule has 0 bridgehead atoms. The third-order valence-corrected chi connectivity index (χ3v) is 3.20. The zero-order valence-electron chi connectivity index (χ0n) is 8.00. The highest BCUT2D eigenvalue weighted by molar-refractivity contribution is 6.30. The van der Waals surface area contributed by atoms with Crippen molar-refractivity contribution in [3.63, 3.8) is 0 Å². The second kappa shape index (κ2) is 3.89. The van der Waals surface area contributed by atoms with Crippen LogP contribution in [0.3, 0.4) is 0 Å². The summed E-state index contributed by atoms with van der Waals surface area (Å²) in [5, 5.41) is 0.764. The number of rotatable bonds is 2. The van der Waals surface area contributed by atoms with E-state index in [9.17, 15) is 0 Å². The SMILES string of the molecule is NCC1(c2ccc(Cl)cc2)CCOC1. The standard InChI is InChI=1S/C11H14ClNO/c12-10-3-1-9(2-4-10)11(7-13)5-6-14-8-11/h1-4H,5-8,13H2. The molecule has 1 aromatic rings.